The Balaban J connectivity index is 1.45. The topological polar surface area (TPSA) is 18.5 Å². The van der Waals surface area contributed by atoms with E-state index >= 15 is 8.78 Å². The molecular formula is C33H36F4O2. The summed E-state index contributed by atoms with van der Waals surface area (Å²) in [6.45, 7) is 4.66. The lowest BCUT2D eigenvalue weighted by Gasteiger charge is -2.29. The van der Waals surface area contributed by atoms with Crippen molar-refractivity contribution in [1.82, 2.24) is 0 Å². The van der Waals surface area contributed by atoms with Crippen molar-refractivity contribution in [3.05, 3.63) is 89.7 Å². The lowest BCUT2D eigenvalue weighted by atomic mass is 9.90. The second kappa shape index (κ2) is 13.8. The quantitative estimate of drug-likeness (QED) is 0.137. The van der Waals surface area contributed by atoms with Crippen molar-refractivity contribution in [1.29, 1.82) is 0 Å². The summed E-state index contributed by atoms with van der Waals surface area (Å²) in [5.74, 6) is -3.70. The molecule has 0 radical (unpaired) electrons. The fraction of sp³-hybridized carbons (Fsp3) is 0.394. The van der Waals surface area contributed by atoms with E-state index in [1.807, 2.05) is 6.92 Å². The van der Waals surface area contributed by atoms with E-state index in [0.29, 0.717) is 36.5 Å². The van der Waals surface area contributed by atoms with Crippen LogP contribution in [0.4, 0.5) is 17.6 Å². The summed E-state index contributed by atoms with van der Waals surface area (Å²) in [5.41, 5.74) is 1.23. The fourth-order valence-corrected chi connectivity index (χ4v) is 5.07. The molecule has 0 saturated carbocycles. The molecular weight excluding hydrogens is 504 g/mol. The molecule has 0 spiro atoms. The van der Waals surface area contributed by atoms with Gasteiger partial charge in [-0.15, -0.1) is 0 Å². The summed E-state index contributed by atoms with van der Waals surface area (Å²) in [5, 5.41) is 0. The average molecular weight is 541 g/mol. The van der Waals surface area contributed by atoms with Crippen LogP contribution in [-0.4, -0.2) is 6.61 Å². The molecule has 2 unspecified atom stereocenters. The summed E-state index contributed by atoms with van der Waals surface area (Å²) in [7, 11) is 0. The third-order valence-corrected chi connectivity index (χ3v) is 7.38. The molecule has 4 rings (SSSR count). The van der Waals surface area contributed by atoms with Crippen molar-refractivity contribution in [2.45, 2.75) is 71.3 Å². The van der Waals surface area contributed by atoms with Gasteiger partial charge >= 0.3 is 0 Å². The van der Waals surface area contributed by atoms with E-state index in [2.05, 4.69) is 6.92 Å². The van der Waals surface area contributed by atoms with E-state index in [0.717, 1.165) is 12.8 Å². The zero-order valence-corrected chi connectivity index (χ0v) is 22.6. The average Bonchev–Trinajstić information content (AvgIpc) is 2.96. The van der Waals surface area contributed by atoms with Crippen LogP contribution in [0.15, 0.2) is 60.9 Å². The Bertz CT molecular complexity index is 1260. The second-order valence-electron chi connectivity index (χ2n) is 10.2. The number of ether oxygens (including phenoxy) is 2. The Hall–Kier alpha value is -3.12. The first-order valence-electron chi connectivity index (χ1n) is 13.9. The summed E-state index contributed by atoms with van der Waals surface area (Å²) < 4.78 is 70.6. The number of hydrogen-bond acceptors (Lipinski definition) is 2. The van der Waals surface area contributed by atoms with E-state index in [1.54, 1.807) is 42.5 Å². The molecule has 0 aromatic heterocycles. The van der Waals surface area contributed by atoms with Crippen LogP contribution in [0.5, 0.6) is 5.75 Å². The van der Waals surface area contributed by atoms with Gasteiger partial charge in [0.25, 0.3) is 0 Å². The summed E-state index contributed by atoms with van der Waals surface area (Å²) in [6.07, 6.45) is 10.8. The van der Waals surface area contributed by atoms with E-state index in [4.69, 9.17) is 9.47 Å². The standard InChI is InChI=1S/C33H36F4O2/c1-3-5-7-8-9-22-10-18-28(39-21-22)27-16-15-25(30(34)32(27)36)23-11-13-24(14-12-23)26-17-19-29(33(37)31(26)35)38-20-6-4-2/h6,11-17,19-20,22,28H,3-5,7-10,18,21H2,1-2H3/b20-6-. The van der Waals surface area contributed by atoms with E-state index in [1.165, 1.54) is 44.1 Å². The second-order valence-corrected chi connectivity index (χ2v) is 10.2. The SMILES string of the molecule is CC/C=C\Oc1ccc(-c2ccc(-c3ccc(C4CCC(CCCCCC)CO4)c(F)c3F)cc2)c(F)c1F. The Morgan fingerprint density at radius 3 is 2.05 bits per heavy atom. The number of rotatable bonds is 11. The Morgan fingerprint density at radius 2 is 1.44 bits per heavy atom. The van der Waals surface area contributed by atoms with Gasteiger partial charge in [0.15, 0.2) is 23.2 Å². The molecule has 1 aliphatic rings. The maximum absolute atomic E-state index is 15.2. The highest BCUT2D eigenvalue weighted by Crippen LogP contribution is 2.37. The zero-order valence-electron chi connectivity index (χ0n) is 22.6. The summed E-state index contributed by atoms with van der Waals surface area (Å²) in [6, 6.07) is 12.2. The molecule has 3 aromatic rings. The minimum absolute atomic E-state index is 0.0472. The molecule has 1 heterocycles. The molecule has 0 aliphatic carbocycles. The molecule has 39 heavy (non-hydrogen) atoms. The molecule has 0 amide bonds. The summed E-state index contributed by atoms with van der Waals surface area (Å²) >= 11 is 0. The van der Waals surface area contributed by atoms with E-state index < -0.39 is 29.4 Å². The molecule has 2 nitrogen and oxygen atoms in total. The van der Waals surface area contributed by atoms with Crippen LogP contribution in [0, 0.1) is 29.2 Å². The van der Waals surface area contributed by atoms with Crippen LogP contribution < -0.4 is 4.74 Å². The van der Waals surface area contributed by atoms with Gasteiger partial charge in [-0.05, 0) is 60.9 Å². The van der Waals surface area contributed by atoms with Crippen LogP contribution in [0.3, 0.4) is 0 Å². The maximum atomic E-state index is 15.2. The highest BCUT2D eigenvalue weighted by atomic mass is 19.2. The van der Waals surface area contributed by atoms with Gasteiger partial charge in [0, 0.05) is 16.7 Å². The first kappa shape index (κ1) is 28.9. The van der Waals surface area contributed by atoms with Gasteiger partial charge in [0.2, 0.25) is 5.82 Å². The van der Waals surface area contributed by atoms with Crippen molar-refractivity contribution in [3.8, 4) is 28.0 Å². The number of halogens is 4. The minimum Gasteiger partial charge on any atom is -0.462 e. The third kappa shape index (κ3) is 6.91. The first-order chi connectivity index (χ1) is 18.9. The Labute approximate surface area is 228 Å². The molecule has 1 saturated heterocycles. The lowest BCUT2D eigenvalue weighted by Crippen LogP contribution is -2.21. The molecule has 208 valence electrons. The van der Waals surface area contributed by atoms with Crippen molar-refractivity contribution in [3.63, 3.8) is 0 Å². The molecule has 1 fully saturated rings. The molecule has 0 N–H and O–H groups in total. The monoisotopic (exact) mass is 540 g/mol. The fourth-order valence-electron chi connectivity index (χ4n) is 5.07. The van der Waals surface area contributed by atoms with Crippen LogP contribution in [0.25, 0.3) is 22.3 Å². The molecule has 2 atom stereocenters. The van der Waals surface area contributed by atoms with Gasteiger partial charge < -0.3 is 9.47 Å². The smallest absolute Gasteiger partial charge is 0.201 e. The zero-order chi connectivity index (χ0) is 27.8. The van der Waals surface area contributed by atoms with Gasteiger partial charge in [-0.25, -0.2) is 13.2 Å². The van der Waals surface area contributed by atoms with Gasteiger partial charge in [0.05, 0.1) is 19.0 Å². The Kier molecular flexibility index (Phi) is 10.2. The van der Waals surface area contributed by atoms with Crippen LogP contribution in [0.1, 0.15) is 76.9 Å². The predicted octanol–water partition coefficient (Wildman–Crippen LogP) is 10.3. The normalized spacial score (nSPS) is 17.6. The van der Waals surface area contributed by atoms with Crippen molar-refractivity contribution < 1.29 is 27.0 Å². The van der Waals surface area contributed by atoms with Crippen molar-refractivity contribution in [2.75, 3.05) is 6.61 Å². The molecule has 0 bridgehead atoms. The van der Waals surface area contributed by atoms with Gasteiger partial charge in [0.1, 0.15) is 0 Å². The third-order valence-electron chi connectivity index (χ3n) is 7.38. The van der Waals surface area contributed by atoms with E-state index in [-0.39, 0.29) is 22.4 Å². The van der Waals surface area contributed by atoms with Gasteiger partial charge in [-0.1, -0.05) is 75.9 Å². The van der Waals surface area contributed by atoms with Crippen LogP contribution in [-0.2, 0) is 4.74 Å². The minimum atomic E-state index is -1.09. The number of allylic oxidation sites excluding steroid dienone is 1. The van der Waals surface area contributed by atoms with Gasteiger partial charge in [-0.2, -0.15) is 4.39 Å². The number of hydrogen-bond donors (Lipinski definition) is 0. The Morgan fingerprint density at radius 1 is 0.769 bits per heavy atom. The molecule has 6 heteroatoms. The first-order valence-corrected chi connectivity index (χ1v) is 13.9. The van der Waals surface area contributed by atoms with Crippen molar-refractivity contribution in [2.24, 2.45) is 5.92 Å². The molecule has 3 aromatic carbocycles. The van der Waals surface area contributed by atoms with Crippen LogP contribution >= 0.6 is 0 Å². The predicted molar refractivity (Wildman–Crippen MR) is 147 cm³/mol. The lowest BCUT2D eigenvalue weighted by molar-refractivity contribution is -0.0218. The highest BCUT2D eigenvalue weighted by Gasteiger charge is 2.27. The number of benzene rings is 3. The van der Waals surface area contributed by atoms with Crippen LogP contribution in [0.2, 0.25) is 0 Å². The number of unbranched alkanes of at least 4 members (excludes halogenated alkanes) is 3. The van der Waals surface area contributed by atoms with Crippen molar-refractivity contribution >= 4 is 0 Å². The van der Waals surface area contributed by atoms with E-state index in [9.17, 15) is 8.78 Å². The largest absolute Gasteiger partial charge is 0.462 e. The highest BCUT2D eigenvalue weighted by molar-refractivity contribution is 5.71. The molecule has 1 aliphatic heterocycles. The van der Waals surface area contributed by atoms with Gasteiger partial charge in [-0.3, -0.25) is 0 Å². The summed E-state index contributed by atoms with van der Waals surface area (Å²) in [4.78, 5) is 0. The maximum Gasteiger partial charge on any atom is 0.201 e.